The lowest BCUT2D eigenvalue weighted by Crippen LogP contribution is -2.50. The molecular weight excluding hydrogens is 384 g/mol. The van der Waals surface area contributed by atoms with Gasteiger partial charge in [-0.1, -0.05) is 18.2 Å². The summed E-state index contributed by atoms with van der Waals surface area (Å²) >= 11 is 0. The van der Waals surface area contributed by atoms with Gasteiger partial charge in [-0.3, -0.25) is 9.78 Å². The Bertz CT molecular complexity index is 987. The maximum atomic E-state index is 13.0. The number of rotatable bonds is 5. The van der Waals surface area contributed by atoms with Gasteiger partial charge in [0.2, 0.25) is 0 Å². The van der Waals surface area contributed by atoms with Crippen molar-refractivity contribution in [3.63, 3.8) is 0 Å². The number of para-hydroxylation sites is 1. The lowest BCUT2D eigenvalue weighted by Gasteiger charge is -2.33. The molecule has 2 aliphatic rings. The minimum atomic E-state index is -0.601. The molecule has 0 N–H and O–H groups in total. The fourth-order valence-electron chi connectivity index (χ4n) is 4.44. The van der Waals surface area contributed by atoms with Crippen molar-refractivity contribution in [1.29, 1.82) is 0 Å². The fourth-order valence-corrected chi connectivity index (χ4v) is 4.44. The monoisotopic (exact) mass is 410 g/mol. The Hall–Kier alpha value is -2.96. The molecule has 1 amide bonds. The number of nitrogens with zero attached hydrogens (tertiary/aromatic N) is 2. The van der Waals surface area contributed by atoms with Crippen LogP contribution in [0.5, 0.6) is 0 Å². The standard InChI is InChI=1S/C23H26N2O5/c1-2-29-22(27)19-12-5-6-13-25(19)20(26)14-30-23(28)21-15-8-3-4-10-17(15)24-18-11-7-9-16(18)21/h3-4,8,10,19H,2,5-7,9,11-14H2,1H3/t19-/m0/s1. The van der Waals surface area contributed by atoms with Crippen LogP contribution in [0.3, 0.4) is 0 Å². The molecule has 158 valence electrons. The molecule has 0 bridgehead atoms. The van der Waals surface area contributed by atoms with Gasteiger partial charge in [-0.05, 0) is 57.1 Å². The molecule has 7 heteroatoms. The summed E-state index contributed by atoms with van der Waals surface area (Å²) in [5.74, 6) is -1.27. The Balaban J connectivity index is 1.51. The van der Waals surface area contributed by atoms with Crippen LogP contribution in [-0.4, -0.2) is 53.5 Å². The van der Waals surface area contributed by atoms with E-state index in [2.05, 4.69) is 4.98 Å². The summed E-state index contributed by atoms with van der Waals surface area (Å²) in [5.41, 5.74) is 3.13. The highest BCUT2D eigenvalue weighted by molar-refractivity contribution is 6.05. The van der Waals surface area contributed by atoms with Crippen LogP contribution < -0.4 is 0 Å². The van der Waals surface area contributed by atoms with Gasteiger partial charge in [0.25, 0.3) is 5.91 Å². The highest BCUT2D eigenvalue weighted by atomic mass is 16.5. The highest BCUT2D eigenvalue weighted by Crippen LogP contribution is 2.30. The summed E-state index contributed by atoms with van der Waals surface area (Å²) in [5, 5.41) is 0.748. The third-order valence-electron chi connectivity index (χ3n) is 5.83. The number of amides is 1. The molecule has 7 nitrogen and oxygen atoms in total. The predicted molar refractivity (Wildman–Crippen MR) is 110 cm³/mol. The normalized spacial score (nSPS) is 18.2. The van der Waals surface area contributed by atoms with Crippen molar-refractivity contribution in [2.75, 3.05) is 19.8 Å². The molecule has 1 saturated heterocycles. The average molecular weight is 410 g/mol. The van der Waals surface area contributed by atoms with Crippen molar-refractivity contribution in [2.24, 2.45) is 0 Å². The van der Waals surface area contributed by atoms with Gasteiger partial charge in [0, 0.05) is 17.6 Å². The van der Waals surface area contributed by atoms with Gasteiger partial charge in [-0.25, -0.2) is 9.59 Å². The number of piperidine rings is 1. The highest BCUT2D eigenvalue weighted by Gasteiger charge is 2.34. The van der Waals surface area contributed by atoms with Gasteiger partial charge in [0.15, 0.2) is 6.61 Å². The molecule has 0 spiro atoms. The van der Waals surface area contributed by atoms with Crippen LogP contribution in [0.15, 0.2) is 24.3 Å². The topological polar surface area (TPSA) is 85.8 Å². The smallest absolute Gasteiger partial charge is 0.339 e. The number of carbonyl (C=O) groups is 3. The maximum absolute atomic E-state index is 13.0. The Morgan fingerprint density at radius 3 is 2.77 bits per heavy atom. The van der Waals surface area contributed by atoms with E-state index in [1.165, 1.54) is 4.90 Å². The zero-order chi connectivity index (χ0) is 21.1. The van der Waals surface area contributed by atoms with Crippen LogP contribution in [0.25, 0.3) is 10.9 Å². The number of benzene rings is 1. The van der Waals surface area contributed by atoms with E-state index < -0.39 is 18.0 Å². The number of ether oxygens (including phenoxy) is 2. The number of hydrogen-bond acceptors (Lipinski definition) is 6. The Labute approximate surface area is 175 Å². The van der Waals surface area contributed by atoms with Gasteiger partial charge < -0.3 is 14.4 Å². The minimum absolute atomic E-state index is 0.270. The van der Waals surface area contributed by atoms with Crippen molar-refractivity contribution in [2.45, 2.75) is 51.5 Å². The first-order chi connectivity index (χ1) is 14.6. The number of aromatic nitrogens is 1. The van der Waals surface area contributed by atoms with Gasteiger partial charge in [-0.2, -0.15) is 0 Å². The minimum Gasteiger partial charge on any atom is -0.464 e. The van der Waals surface area contributed by atoms with Crippen LogP contribution >= 0.6 is 0 Å². The Kier molecular flexibility index (Phi) is 5.97. The molecule has 1 fully saturated rings. The van der Waals surface area contributed by atoms with E-state index >= 15 is 0 Å². The van der Waals surface area contributed by atoms with E-state index in [1.807, 2.05) is 24.3 Å². The first-order valence-corrected chi connectivity index (χ1v) is 10.6. The fraction of sp³-hybridized carbons (Fsp3) is 0.478. The molecule has 2 aromatic rings. The zero-order valence-corrected chi connectivity index (χ0v) is 17.2. The summed E-state index contributed by atoms with van der Waals surface area (Å²) in [6, 6.07) is 6.90. The Morgan fingerprint density at radius 2 is 1.93 bits per heavy atom. The van der Waals surface area contributed by atoms with Crippen LogP contribution in [-0.2, 0) is 31.9 Å². The number of carbonyl (C=O) groups excluding carboxylic acids is 3. The van der Waals surface area contributed by atoms with Gasteiger partial charge in [0.05, 0.1) is 17.7 Å². The predicted octanol–water partition coefficient (Wildman–Crippen LogP) is 2.82. The second-order valence-corrected chi connectivity index (χ2v) is 7.71. The molecule has 4 rings (SSSR count). The molecule has 0 radical (unpaired) electrons. The lowest BCUT2D eigenvalue weighted by molar-refractivity contribution is -0.157. The van der Waals surface area contributed by atoms with Crippen LogP contribution in [0.1, 0.15) is 54.2 Å². The summed E-state index contributed by atoms with van der Waals surface area (Å²) in [4.78, 5) is 44.2. The second kappa shape index (κ2) is 8.81. The third kappa shape index (κ3) is 3.88. The van der Waals surface area contributed by atoms with E-state index in [0.29, 0.717) is 18.5 Å². The molecule has 1 atom stereocenters. The molecule has 30 heavy (non-hydrogen) atoms. The van der Waals surface area contributed by atoms with Crippen molar-refractivity contribution in [3.05, 3.63) is 41.1 Å². The summed E-state index contributed by atoms with van der Waals surface area (Å²) in [7, 11) is 0. The van der Waals surface area contributed by atoms with Gasteiger partial charge in [0.1, 0.15) is 6.04 Å². The van der Waals surface area contributed by atoms with Gasteiger partial charge >= 0.3 is 11.9 Å². The summed E-state index contributed by atoms with van der Waals surface area (Å²) in [6.07, 6.45) is 4.82. The van der Waals surface area contributed by atoms with Crippen molar-refractivity contribution < 1.29 is 23.9 Å². The zero-order valence-electron chi connectivity index (χ0n) is 17.2. The Morgan fingerprint density at radius 1 is 1.10 bits per heavy atom. The SMILES string of the molecule is CCOC(=O)[C@@H]1CCCCN1C(=O)COC(=O)c1c2c(nc3ccccc13)CCC2. The van der Waals surface area contributed by atoms with Crippen molar-refractivity contribution in [1.82, 2.24) is 9.88 Å². The molecule has 1 aromatic carbocycles. The molecule has 1 aromatic heterocycles. The molecule has 1 aliphatic carbocycles. The number of likely N-dealkylation sites (tertiary alicyclic amines) is 1. The number of fused-ring (bicyclic) bond motifs is 2. The molecule has 0 unspecified atom stereocenters. The van der Waals surface area contributed by atoms with E-state index in [0.717, 1.165) is 54.3 Å². The van der Waals surface area contributed by atoms with Crippen LogP contribution in [0.2, 0.25) is 0 Å². The van der Waals surface area contributed by atoms with E-state index in [-0.39, 0.29) is 19.1 Å². The van der Waals surface area contributed by atoms with E-state index in [4.69, 9.17) is 9.47 Å². The average Bonchev–Trinajstić information content (AvgIpc) is 3.23. The van der Waals surface area contributed by atoms with Crippen LogP contribution in [0, 0.1) is 0 Å². The van der Waals surface area contributed by atoms with Crippen molar-refractivity contribution in [3.8, 4) is 0 Å². The number of esters is 2. The quantitative estimate of drug-likeness (QED) is 0.705. The molecule has 0 saturated carbocycles. The number of pyridine rings is 1. The van der Waals surface area contributed by atoms with Crippen molar-refractivity contribution >= 4 is 28.7 Å². The second-order valence-electron chi connectivity index (χ2n) is 7.71. The number of aryl methyl sites for hydroxylation is 1. The molecule has 2 heterocycles. The largest absolute Gasteiger partial charge is 0.464 e. The van der Waals surface area contributed by atoms with E-state index in [1.54, 1.807) is 6.92 Å². The molecular formula is C23H26N2O5. The third-order valence-corrected chi connectivity index (χ3v) is 5.83. The summed E-state index contributed by atoms with van der Waals surface area (Å²) in [6.45, 7) is 2.09. The van der Waals surface area contributed by atoms with Crippen LogP contribution in [0.4, 0.5) is 0 Å². The first kappa shape index (κ1) is 20.3. The van der Waals surface area contributed by atoms with E-state index in [9.17, 15) is 14.4 Å². The maximum Gasteiger partial charge on any atom is 0.339 e. The summed E-state index contributed by atoms with van der Waals surface area (Å²) < 4.78 is 10.6. The van der Waals surface area contributed by atoms with Gasteiger partial charge in [-0.15, -0.1) is 0 Å². The number of hydrogen-bond donors (Lipinski definition) is 0. The first-order valence-electron chi connectivity index (χ1n) is 10.6. The molecule has 1 aliphatic heterocycles. The lowest BCUT2D eigenvalue weighted by atomic mass is 10.0.